The third-order valence-electron chi connectivity index (χ3n) is 4.10. The Balaban J connectivity index is 1.71. The zero-order chi connectivity index (χ0) is 18.6. The van der Waals surface area contributed by atoms with Crippen LogP contribution in [0.5, 0.6) is 0 Å². The highest BCUT2D eigenvalue weighted by atomic mass is 79.9. The molecule has 0 aliphatic rings. The molecule has 27 heavy (non-hydrogen) atoms. The molecule has 0 amide bonds. The predicted octanol–water partition coefficient (Wildman–Crippen LogP) is 5.69. The molecule has 0 aliphatic heterocycles. The summed E-state index contributed by atoms with van der Waals surface area (Å²) >= 11 is 5.15. The minimum atomic E-state index is 0.748. The van der Waals surface area contributed by atoms with Gasteiger partial charge in [0.2, 0.25) is 0 Å². The van der Waals surface area contributed by atoms with E-state index >= 15 is 0 Å². The Labute approximate surface area is 170 Å². The van der Waals surface area contributed by atoms with Crippen molar-refractivity contribution in [3.05, 3.63) is 88.5 Å². The van der Waals surface area contributed by atoms with Crippen LogP contribution in [-0.2, 0) is 5.75 Å². The lowest BCUT2D eigenvalue weighted by Gasteiger charge is -2.10. The second kappa shape index (κ2) is 8.06. The van der Waals surface area contributed by atoms with E-state index in [0.717, 1.165) is 32.6 Å². The molecular weight excluding hydrogens is 420 g/mol. The maximum Gasteiger partial charge on any atom is 0.196 e. The van der Waals surface area contributed by atoms with E-state index in [4.69, 9.17) is 0 Å². The van der Waals surface area contributed by atoms with E-state index in [2.05, 4.69) is 91.1 Å². The largest absolute Gasteiger partial charge is 0.269 e. The number of hydrogen-bond donors (Lipinski definition) is 0. The van der Waals surface area contributed by atoms with E-state index in [-0.39, 0.29) is 0 Å². The number of aryl methyl sites for hydroxylation is 1. The molecule has 0 atom stereocenters. The van der Waals surface area contributed by atoms with Gasteiger partial charge in [-0.15, -0.1) is 10.2 Å². The van der Waals surface area contributed by atoms with Gasteiger partial charge in [0, 0.05) is 22.1 Å². The molecule has 6 heteroatoms. The SMILES string of the molecule is Cc1ccc(-n2c(SCc3ccc(Br)cc3)nnc2-c2ccccn2)cc1. The number of nitrogens with zero attached hydrogens (tertiary/aromatic N) is 4. The summed E-state index contributed by atoms with van der Waals surface area (Å²) in [5.41, 5.74) is 4.29. The molecule has 0 fully saturated rings. The van der Waals surface area contributed by atoms with Gasteiger partial charge in [-0.05, 0) is 48.9 Å². The lowest BCUT2D eigenvalue weighted by Crippen LogP contribution is -2.00. The molecule has 0 N–H and O–H groups in total. The summed E-state index contributed by atoms with van der Waals surface area (Å²) in [4.78, 5) is 4.46. The minimum absolute atomic E-state index is 0.748. The summed E-state index contributed by atoms with van der Waals surface area (Å²) in [6, 6.07) is 22.5. The molecule has 0 aliphatic carbocycles. The van der Waals surface area contributed by atoms with Crippen LogP contribution < -0.4 is 0 Å². The molecule has 2 heterocycles. The van der Waals surface area contributed by atoms with Crippen LogP contribution in [0.3, 0.4) is 0 Å². The van der Waals surface area contributed by atoms with Crippen molar-refractivity contribution in [2.45, 2.75) is 17.8 Å². The van der Waals surface area contributed by atoms with E-state index in [1.165, 1.54) is 11.1 Å². The van der Waals surface area contributed by atoms with Crippen molar-refractivity contribution < 1.29 is 0 Å². The normalized spacial score (nSPS) is 10.9. The molecule has 2 aromatic carbocycles. The minimum Gasteiger partial charge on any atom is -0.269 e. The van der Waals surface area contributed by atoms with Crippen molar-refractivity contribution in [2.75, 3.05) is 0 Å². The summed E-state index contributed by atoms with van der Waals surface area (Å²) in [6.45, 7) is 2.08. The fraction of sp³-hybridized carbons (Fsp3) is 0.0952. The van der Waals surface area contributed by atoms with Gasteiger partial charge in [0.1, 0.15) is 5.69 Å². The summed E-state index contributed by atoms with van der Waals surface area (Å²) in [6.07, 6.45) is 1.78. The molecule has 0 saturated heterocycles. The number of pyridine rings is 1. The lowest BCUT2D eigenvalue weighted by molar-refractivity contribution is 0.884. The average molecular weight is 437 g/mol. The van der Waals surface area contributed by atoms with Crippen LogP contribution in [0.25, 0.3) is 17.2 Å². The van der Waals surface area contributed by atoms with E-state index in [0.29, 0.717) is 0 Å². The van der Waals surface area contributed by atoms with E-state index in [1.807, 2.05) is 18.2 Å². The summed E-state index contributed by atoms with van der Waals surface area (Å²) < 4.78 is 3.15. The topological polar surface area (TPSA) is 43.6 Å². The Morgan fingerprint density at radius 1 is 0.926 bits per heavy atom. The third-order valence-corrected chi connectivity index (χ3v) is 5.63. The van der Waals surface area contributed by atoms with Crippen molar-refractivity contribution >= 4 is 27.7 Å². The van der Waals surface area contributed by atoms with Crippen LogP contribution >= 0.6 is 27.7 Å². The van der Waals surface area contributed by atoms with Gasteiger partial charge in [-0.25, -0.2) is 0 Å². The number of thioether (sulfide) groups is 1. The zero-order valence-corrected chi connectivity index (χ0v) is 17.1. The van der Waals surface area contributed by atoms with Crippen LogP contribution in [0, 0.1) is 6.92 Å². The Hall–Kier alpha value is -2.44. The van der Waals surface area contributed by atoms with Crippen LogP contribution in [0.15, 0.2) is 82.6 Å². The summed E-state index contributed by atoms with van der Waals surface area (Å²) in [7, 11) is 0. The van der Waals surface area contributed by atoms with Crippen LogP contribution in [0.1, 0.15) is 11.1 Å². The fourth-order valence-corrected chi connectivity index (χ4v) is 3.85. The Bertz CT molecular complexity index is 1030. The van der Waals surface area contributed by atoms with Crippen LogP contribution in [0.4, 0.5) is 0 Å². The van der Waals surface area contributed by atoms with Gasteiger partial charge in [-0.1, -0.05) is 63.6 Å². The van der Waals surface area contributed by atoms with Gasteiger partial charge in [0.15, 0.2) is 11.0 Å². The summed E-state index contributed by atoms with van der Waals surface area (Å²) in [5, 5.41) is 9.73. The zero-order valence-electron chi connectivity index (χ0n) is 14.7. The standard InChI is InChI=1S/C21H17BrN4S/c1-15-5-11-18(12-6-15)26-20(19-4-2-3-13-23-19)24-25-21(26)27-14-16-7-9-17(22)10-8-16/h2-13H,14H2,1H3. The van der Waals surface area contributed by atoms with Crippen molar-refractivity contribution in [1.82, 2.24) is 19.7 Å². The maximum atomic E-state index is 4.46. The van der Waals surface area contributed by atoms with Gasteiger partial charge >= 0.3 is 0 Å². The first kappa shape index (κ1) is 17.9. The predicted molar refractivity (Wildman–Crippen MR) is 113 cm³/mol. The monoisotopic (exact) mass is 436 g/mol. The molecule has 0 bridgehead atoms. The second-order valence-electron chi connectivity index (χ2n) is 6.11. The fourth-order valence-electron chi connectivity index (χ4n) is 2.68. The lowest BCUT2D eigenvalue weighted by atomic mass is 10.2. The molecule has 4 nitrogen and oxygen atoms in total. The third kappa shape index (κ3) is 4.12. The van der Waals surface area contributed by atoms with Gasteiger partial charge in [0.25, 0.3) is 0 Å². The first-order valence-corrected chi connectivity index (χ1v) is 10.3. The molecule has 2 aromatic heterocycles. The number of benzene rings is 2. The number of rotatable bonds is 5. The number of halogens is 1. The average Bonchev–Trinajstić information content (AvgIpc) is 3.13. The maximum absolute atomic E-state index is 4.46. The molecule has 0 saturated carbocycles. The Morgan fingerprint density at radius 3 is 2.41 bits per heavy atom. The molecule has 0 radical (unpaired) electrons. The van der Waals surface area contributed by atoms with Crippen LogP contribution in [0.2, 0.25) is 0 Å². The second-order valence-corrected chi connectivity index (χ2v) is 7.97. The molecule has 0 spiro atoms. The van der Waals surface area contributed by atoms with Crippen molar-refractivity contribution in [3.63, 3.8) is 0 Å². The Morgan fingerprint density at radius 2 is 1.70 bits per heavy atom. The van der Waals surface area contributed by atoms with Gasteiger partial charge in [-0.3, -0.25) is 9.55 Å². The van der Waals surface area contributed by atoms with E-state index in [9.17, 15) is 0 Å². The molecule has 4 rings (SSSR count). The van der Waals surface area contributed by atoms with Gasteiger partial charge in [0.05, 0.1) is 0 Å². The van der Waals surface area contributed by atoms with E-state index < -0.39 is 0 Å². The Kier molecular flexibility index (Phi) is 5.36. The smallest absolute Gasteiger partial charge is 0.196 e. The van der Waals surface area contributed by atoms with E-state index in [1.54, 1.807) is 18.0 Å². The highest BCUT2D eigenvalue weighted by Crippen LogP contribution is 2.29. The van der Waals surface area contributed by atoms with Crippen molar-refractivity contribution in [2.24, 2.45) is 0 Å². The highest BCUT2D eigenvalue weighted by molar-refractivity contribution is 9.10. The first-order valence-electron chi connectivity index (χ1n) is 8.52. The van der Waals surface area contributed by atoms with Gasteiger partial charge in [-0.2, -0.15) is 0 Å². The molecule has 0 unspecified atom stereocenters. The first-order chi connectivity index (χ1) is 13.2. The van der Waals surface area contributed by atoms with Gasteiger partial charge < -0.3 is 0 Å². The number of hydrogen-bond acceptors (Lipinski definition) is 4. The molecule has 134 valence electrons. The summed E-state index contributed by atoms with van der Waals surface area (Å²) in [5.74, 6) is 1.57. The molecule has 4 aromatic rings. The quantitative estimate of drug-likeness (QED) is 0.376. The highest BCUT2D eigenvalue weighted by Gasteiger charge is 2.17. The van der Waals surface area contributed by atoms with Crippen molar-refractivity contribution in [3.8, 4) is 17.2 Å². The van der Waals surface area contributed by atoms with Crippen LogP contribution in [-0.4, -0.2) is 19.7 Å². The molecular formula is C21H17BrN4S. The number of aromatic nitrogens is 4. The van der Waals surface area contributed by atoms with Crippen molar-refractivity contribution in [1.29, 1.82) is 0 Å².